The summed E-state index contributed by atoms with van der Waals surface area (Å²) in [6, 6.07) is 66.7. The van der Waals surface area contributed by atoms with E-state index in [0.29, 0.717) is 23.4 Å². The Hall–Kier alpha value is -8.33. The molecule has 0 spiro atoms. The minimum absolute atomic E-state index is 0.534. The number of hydrogen-bond acceptors (Lipinski definition) is 7. The number of fused-ring (bicyclic) bond motifs is 9. The van der Waals surface area contributed by atoms with E-state index in [1.165, 1.54) is 4.70 Å². The van der Waals surface area contributed by atoms with Crippen molar-refractivity contribution in [1.29, 1.82) is 0 Å². The fourth-order valence-corrected chi connectivity index (χ4v) is 10.2. The first-order valence-electron chi connectivity index (χ1n) is 20.8. The van der Waals surface area contributed by atoms with Crippen molar-refractivity contribution in [1.82, 2.24) is 29.5 Å². The molecule has 0 radical (unpaired) electrons. The zero-order valence-electron chi connectivity index (χ0n) is 33.5. The largest absolute Gasteiger partial charge is 0.456 e. The third kappa shape index (κ3) is 5.69. The Morgan fingerprint density at radius 3 is 1.86 bits per heavy atom. The van der Waals surface area contributed by atoms with E-state index in [-0.39, 0.29) is 0 Å². The highest BCUT2D eigenvalue weighted by atomic mass is 32.1. The quantitative estimate of drug-likeness (QED) is 0.166. The van der Waals surface area contributed by atoms with E-state index in [4.69, 9.17) is 29.3 Å². The van der Waals surface area contributed by atoms with Gasteiger partial charge in [0.25, 0.3) is 0 Å². The van der Waals surface area contributed by atoms with Gasteiger partial charge in [0.2, 0.25) is 5.95 Å². The van der Waals surface area contributed by atoms with Gasteiger partial charge in [0.05, 0.1) is 26.9 Å². The van der Waals surface area contributed by atoms with Crippen LogP contribution in [0.15, 0.2) is 199 Å². The van der Waals surface area contributed by atoms with Gasteiger partial charge in [-0.3, -0.25) is 4.57 Å². The molecule has 63 heavy (non-hydrogen) atoms. The number of para-hydroxylation sites is 1. The van der Waals surface area contributed by atoms with E-state index < -0.39 is 0 Å². The van der Waals surface area contributed by atoms with Crippen LogP contribution in [-0.4, -0.2) is 29.5 Å². The van der Waals surface area contributed by atoms with Gasteiger partial charge in [-0.2, -0.15) is 9.97 Å². The summed E-state index contributed by atoms with van der Waals surface area (Å²) in [6.45, 7) is 0. The predicted octanol–water partition coefficient (Wildman–Crippen LogP) is 14.4. The zero-order chi connectivity index (χ0) is 41.4. The summed E-state index contributed by atoms with van der Waals surface area (Å²) in [6.07, 6.45) is 0. The van der Waals surface area contributed by atoms with E-state index in [0.717, 1.165) is 98.4 Å². The van der Waals surface area contributed by atoms with Crippen molar-refractivity contribution in [3.8, 4) is 62.5 Å². The summed E-state index contributed by atoms with van der Waals surface area (Å²) in [5.41, 5.74) is 11.3. The average molecular weight is 825 g/mol. The fourth-order valence-electron chi connectivity index (χ4n) is 9.06. The molecule has 0 unspecified atom stereocenters. The van der Waals surface area contributed by atoms with Crippen LogP contribution in [0, 0.1) is 0 Å². The SMILES string of the molecule is c1ccc(-c2nc(-c3ccc4oc5cccc(-c6nc(-c7ccccc7)c7sc8ccccc8c7n6)c5c4c3)nc(-n3c4ccccc4c4c(-c5ccccc5)cccc43)n2)cc1. The van der Waals surface area contributed by atoms with Crippen molar-refractivity contribution in [3.05, 3.63) is 194 Å². The van der Waals surface area contributed by atoms with Crippen molar-refractivity contribution >= 4 is 75.4 Å². The summed E-state index contributed by atoms with van der Waals surface area (Å²) in [4.78, 5) is 26.4. The number of rotatable bonds is 6. The molecule has 5 aromatic heterocycles. The maximum absolute atomic E-state index is 6.57. The van der Waals surface area contributed by atoms with Crippen LogP contribution in [0.2, 0.25) is 0 Å². The van der Waals surface area contributed by atoms with Crippen LogP contribution in [0.25, 0.3) is 127 Å². The van der Waals surface area contributed by atoms with Crippen LogP contribution >= 0.6 is 11.3 Å². The van der Waals surface area contributed by atoms with Crippen LogP contribution in [0.4, 0.5) is 0 Å². The molecule has 0 amide bonds. The van der Waals surface area contributed by atoms with Crippen molar-refractivity contribution in [3.63, 3.8) is 0 Å². The Labute approximate surface area is 364 Å². The van der Waals surface area contributed by atoms with Gasteiger partial charge >= 0.3 is 0 Å². The lowest BCUT2D eigenvalue weighted by Gasteiger charge is -2.11. The lowest BCUT2D eigenvalue weighted by Crippen LogP contribution is -2.06. The Morgan fingerprint density at radius 1 is 0.397 bits per heavy atom. The summed E-state index contributed by atoms with van der Waals surface area (Å²) < 4.78 is 11.0. The standard InChI is InChI=1S/C55H32N6OS/c1-4-16-33(17-5-1)37-24-14-27-43-47(37)38-22-10-12-26-42(38)61(43)55-59-52(35-20-8-3-9-21-35)58-53(60-55)36-30-31-44-41(32-36)48-40(25-15-28-45(48)62-44)54-56-49(34-18-6-2-7-19-34)51-50(57-54)39-23-11-13-29-46(39)63-51/h1-32H. The zero-order valence-corrected chi connectivity index (χ0v) is 34.3. The van der Waals surface area contributed by atoms with E-state index in [1.54, 1.807) is 11.3 Å². The Morgan fingerprint density at radius 2 is 1.05 bits per heavy atom. The minimum Gasteiger partial charge on any atom is -0.456 e. The smallest absolute Gasteiger partial charge is 0.238 e. The molecule has 13 rings (SSSR count). The predicted molar refractivity (Wildman–Crippen MR) is 257 cm³/mol. The highest BCUT2D eigenvalue weighted by Crippen LogP contribution is 2.43. The van der Waals surface area contributed by atoms with E-state index in [2.05, 4.69) is 138 Å². The minimum atomic E-state index is 0.534. The second-order valence-corrected chi connectivity index (χ2v) is 16.6. The maximum Gasteiger partial charge on any atom is 0.238 e. The monoisotopic (exact) mass is 824 g/mol. The second-order valence-electron chi connectivity index (χ2n) is 15.6. The van der Waals surface area contributed by atoms with Gasteiger partial charge in [-0.05, 0) is 53.6 Å². The van der Waals surface area contributed by atoms with Gasteiger partial charge in [0.15, 0.2) is 17.5 Å². The molecule has 7 nitrogen and oxygen atoms in total. The first-order chi connectivity index (χ1) is 31.2. The van der Waals surface area contributed by atoms with Gasteiger partial charge in [-0.1, -0.05) is 152 Å². The van der Waals surface area contributed by atoms with Gasteiger partial charge in [0, 0.05) is 53.9 Å². The lowest BCUT2D eigenvalue weighted by atomic mass is 9.99. The summed E-state index contributed by atoms with van der Waals surface area (Å²) >= 11 is 1.73. The van der Waals surface area contributed by atoms with Crippen molar-refractivity contribution in [2.24, 2.45) is 0 Å². The number of furan rings is 1. The topological polar surface area (TPSA) is 82.5 Å². The lowest BCUT2D eigenvalue weighted by molar-refractivity contribution is 0.669. The molecule has 5 heterocycles. The molecule has 0 aliphatic carbocycles. The van der Waals surface area contributed by atoms with Crippen LogP contribution in [0.5, 0.6) is 0 Å². The Balaban J connectivity index is 1.04. The molecule has 0 bridgehead atoms. The Kier molecular flexibility index (Phi) is 7.94. The average Bonchev–Trinajstić information content (AvgIpc) is 4.04. The number of aromatic nitrogens is 6. The Bertz CT molecular complexity index is 3910. The van der Waals surface area contributed by atoms with Crippen molar-refractivity contribution in [2.75, 3.05) is 0 Å². The van der Waals surface area contributed by atoms with E-state index >= 15 is 0 Å². The second kappa shape index (κ2) is 14.1. The normalized spacial score (nSPS) is 11.8. The number of nitrogens with zero attached hydrogens (tertiary/aromatic N) is 6. The molecule has 8 heteroatoms. The molecule has 0 N–H and O–H groups in total. The third-order valence-corrected chi connectivity index (χ3v) is 13.1. The molecule has 0 aliphatic heterocycles. The summed E-state index contributed by atoms with van der Waals surface area (Å²) in [5.74, 6) is 2.30. The van der Waals surface area contributed by atoms with Crippen LogP contribution < -0.4 is 0 Å². The van der Waals surface area contributed by atoms with Crippen LogP contribution in [-0.2, 0) is 0 Å². The number of hydrogen-bond donors (Lipinski definition) is 0. The molecular weight excluding hydrogens is 793 g/mol. The van der Waals surface area contributed by atoms with Crippen LogP contribution in [0.3, 0.4) is 0 Å². The third-order valence-electron chi connectivity index (χ3n) is 11.9. The molecular formula is C55H32N6OS. The maximum atomic E-state index is 6.57. The van der Waals surface area contributed by atoms with E-state index in [1.807, 2.05) is 60.7 Å². The molecule has 8 aromatic carbocycles. The first kappa shape index (κ1) is 35.4. The van der Waals surface area contributed by atoms with Gasteiger partial charge < -0.3 is 4.42 Å². The summed E-state index contributed by atoms with van der Waals surface area (Å²) in [7, 11) is 0. The summed E-state index contributed by atoms with van der Waals surface area (Å²) in [5, 5.41) is 5.24. The van der Waals surface area contributed by atoms with Gasteiger partial charge in [-0.25, -0.2) is 15.0 Å². The fraction of sp³-hybridized carbons (Fsp3) is 0. The molecule has 294 valence electrons. The molecule has 13 aromatic rings. The number of thiophene rings is 1. The highest BCUT2D eigenvalue weighted by molar-refractivity contribution is 7.26. The molecule has 0 fully saturated rings. The van der Waals surface area contributed by atoms with Crippen molar-refractivity contribution in [2.45, 2.75) is 0 Å². The van der Waals surface area contributed by atoms with Gasteiger partial charge in [0.1, 0.15) is 11.2 Å². The molecule has 0 saturated heterocycles. The molecule has 0 atom stereocenters. The number of benzene rings is 8. The first-order valence-corrected chi connectivity index (χ1v) is 21.7. The molecule has 0 aliphatic rings. The van der Waals surface area contributed by atoms with Crippen LogP contribution in [0.1, 0.15) is 0 Å². The van der Waals surface area contributed by atoms with Crippen molar-refractivity contribution < 1.29 is 4.42 Å². The van der Waals surface area contributed by atoms with Gasteiger partial charge in [-0.15, -0.1) is 11.3 Å². The molecule has 0 saturated carbocycles. The van der Waals surface area contributed by atoms with E-state index in [9.17, 15) is 0 Å². The highest BCUT2D eigenvalue weighted by Gasteiger charge is 2.23.